The number of imide groups is 1. The number of hydrogen-bond donors (Lipinski definition) is 1. The molecule has 3 amide bonds. The third-order valence-electron chi connectivity index (χ3n) is 3.72. The lowest BCUT2D eigenvalue weighted by Crippen LogP contribution is -2.34. The first kappa shape index (κ1) is 21.3. The van der Waals surface area contributed by atoms with Gasteiger partial charge in [-0.3, -0.25) is 14.4 Å². The molecule has 28 heavy (non-hydrogen) atoms. The molecule has 1 aromatic rings. The summed E-state index contributed by atoms with van der Waals surface area (Å²) in [5.41, 5.74) is 8.78. The Balaban J connectivity index is 1.86. The maximum atomic E-state index is 12.3. The summed E-state index contributed by atoms with van der Waals surface area (Å²) in [4.78, 5) is 55.4. The second-order valence-electron chi connectivity index (χ2n) is 5.80. The number of hydroxylamine groups is 2. The zero-order chi connectivity index (χ0) is 20.5. The SMILES string of the molecule is CCCC(=O)NCCSC1CC(=O)N(OC(=O)c2ccc(N=[N+]=[N-])cc2)C1=O. The molecular weight excluding hydrogens is 386 g/mol. The third-order valence-corrected chi connectivity index (χ3v) is 4.93. The Hall–Kier alpha value is -3.04. The van der Waals surface area contributed by atoms with Crippen LogP contribution in [0.25, 0.3) is 10.4 Å². The maximum absolute atomic E-state index is 12.3. The highest BCUT2D eigenvalue weighted by atomic mass is 32.2. The van der Waals surface area contributed by atoms with Crippen molar-refractivity contribution in [3.8, 4) is 0 Å². The summed E-state index contributed by atoms with van der Waals surface area (Å²) >= 11 is 1.23. The van der Waals surface area contributed by atoms with E-state index >= 15 is 0 Å². The quantitative estimate of drug-likeness (QED) is 0.220. The number of carbonyl (C=O) groups is 4. The Labute approximate surface area is 165 Å². The summed E-state index contributed by atoms with van der Waals surface area (Å²) < 4.78 is 0. The molecule has 10 nitrogen and oxygen atoms in total. The first-order valence-corrected chi connectivity index (χ1v) is 9.63. The van der Waals surface area contributed by atoms with Crippen LogP contribution in [0.5, 0.6) is 0 Å². The second-order valence-corrected chi connectivity index (χ2v) is 7.12. The van der Waals surface area contributed by atoms with Gasteiger partial charge in [-0.25, -0.2) is 4.79 Å². The van der Waals surface area contributed by atoms with E-state index in [2.05, 4.69) is 15.3 Å². The van der Waals surface area contributed by atoms with Crippen LogP contribution in [0.1, 0.15) is 36.5 Å². The number of carbonyl (C=O) groups excluding carboxylic acids is 4. The second kappa shape index (κ2) is 10.3. The Bertz CT molecular complexity index is 807. The van der Waals surface area contributed by atoms with Crippen LogP contribution >= 0.6 is 11.8 Å². The number of nitrogens with zero attached hydrogens (tertiary/aromatic N) is 4. The molecule has 1 fully saturated rings. The van der Waals surface area contributed by atoms with Gasteiger partial charge in [0.1, 0.15) is 0 Å². The van der Waals surface area contributed by atoms with E-state index in [0.717, 1.165) is 6.42 Å². The summed E-state index contributed by atoms with van der Waals surface area (Å²) in [7, 11) is 0. The van der Waals surface area contributed by atoms with Crippen LogP contribution in [-0.4, -0.2) is 46.3 Å². The predicted molar refractivity (Wildman–Crippen MR) is 101 cm³/mol. The van der Waals surface area contributed by atoms with E-state index in [9.17, 15) is 19.2 Å². The van der Waals surface area contributed by atoms with Crippen LogP contribution in [0.3, 0.4) is 0 Å². The Morgan fingerprint density at radius 1 is 1.36 bits per heavy atom. The van der Waals surface area contributed by atoms with Gasteiger partial charge in [-0.1, -0.05) is 24.2 Å². The highest BCUT2D eigenvalue weighted by molar-refractivity contribution is 8.00. The number of nitrogens with one attached hydrogen (secondary N) is 1. The van der Waals surface area contributed by atoms with Crippen molar-refractivity contribution in [3.63, 3.8) is 0 Å². The molecule has 1 N–H and O–H groups in total. The largest absolute Gasteiger partial charge is 0.363 e. The van der Waals surface area contributed by atoms with Crippen molar-refractivity contribution in [3.05, 3.63) is 40.3 Å². The predicted octanol–water partition coefficient (Wildman–Crippen LogP) is 2.48. The van der Waals surface area contributed by atoms with Crippen molar-refractivity contribution >= 4 is 41.1 Å². The van der Waals surface area contributed by atoms with Crippen molar-refractivity contribution in [1.29, 1.82) is 0 Å². The summed E-state index contributed by atoms with van der Waals surface area (Å²) in [6, 6.07) is 5.55. The van der Waals surface area contributed by atoms with Crippen molar-refractivity contribution in [2.24, 2.45) is 5.11 Å². The van der Waals surface area contributed by atoms with E-state index in [1.807, 2.05) is 6.92 Å². The molecule has 0 radical (unpaired) electrons. The van der Waals surface area contributed by atoms with Gasteiger partial charge in [0.15, 0.2) is 0 Å². The molecular formula is C17H19N5O5S. The van der Waals surface area contributed by atoms with E-state index in [0.29, 0.717) is 29.5 Å². The Morgan fingerprint density at radius 2 is 2.07 bits per heavy atom. The van der Waals surface area contributed by atoms with Gasteiger partial charge < -0.3 is 10.2 Å². The number of amides is 3. The van der Waals surface area contributed by atoms with E-state index in [1.165, 1.54) is 36.0 Å². The number of benzene rings is 1. The van der Waals surface area contributed by atoms with E-state index in [1.54, 1.807) is 0 Å². The molecule has 2 rings (SSSR count). The van der Waals surface area contributed by atoms with Gasteiger partial charge in [0.25, 0.3) is 11.8 Å². The average Bonchev–Trinajstić information content (AvgIpc) is 2.94. The highest BCUT2D eigenvalue weighted by Crippen LogP contribution is 2.26. The summed E-state index contributed by atoms with van der Waals surface area (Å²) in [6.45, 7) is 2.29. The van der Waals surface area contributed by atoms with Gasteiger partial charge in [-0.2, -0.15) is 0 Å². The first-order chi connectivity index (χ1) is 13.5. The lowest BCUT2D eigenvalue weighted by Gasteiger charge is -2.14. The third kappa shape index (κ3) is 5.73. The number of rotatable bonds is 9. The normalized spacial score (nSPS) is 15.9. The minimum absolute atomic E-state index is 0.0565. The van der Waals surface area contributed by atoms with Gasteiger partial charge in [0, 0.05) is 29.3 Å². The molecule has 1 heterocycles. The summed E-state index contributed by atoms with van der Waals surface area (Å²) in [6.07, 6.45) is 1.12. The van der Waals surface area contributed by atoms with Gasteiger partial charge in [-0.15, -0.1) is 16.8 Å². The molecule has 1 aliphatic rings. The molecule has 1 unspecified atom stereocenters. The molecule has 0 aromatic heterocycles. The maximum Gasteiger partial charge on any atom is 0.363 e. The minimum Gasteiger partial charge on any atom is -0.355 e. The van der Waals surface area contributed by atoms with Crippen molar-refractivity contribution < 1.29 is 24.0 Å². The van der Waals surface area contributed by atoms with Crippen LogP contribution in [0.15, 0.2) is 29.4 Å². The van der Waals surface area contributed by atoms with E-state index in [4.69, 9.17) is 10.4 Å². The van der Waals surface area contributed by atoms with Crippen LogP contribution in [0.4, 0.5) is 5.69 Å². The Kier molecular flexibility index (Phi) is 7.85. The molecule has 1 aliphatic heterocycles. The lowest BCUT2D eigenvalue weighted by atomic mass is 10.2. The number of azide groups is 1. The fourth-order valence-electron chi connectivity index (χ4n) is 2.37. The molecule has 148 valence electrons. The van der Waals surface area contributed by atoms with Gasteiger partial charge in [0.05, 0.1) is 17.2 Å². The molecule has 0 bridgehead atoms. The zero-order valence-electron chi connectivity index (χ0n) is 15.2. The molecule has 0 aliphatic carbocycles. The van der Waals surface area contributed by atoms with Crippen LogP contribution in [-0.2, 0) is 19.2 Å². The Morgan fingerprint density at radius 3 is 2.71 bits per heavy atom. The minimum atomic E-state index is -0.869. The molecule has 1 aromatic carbocycles. The van der Waals surface area contributed by atoms with Crippen LogP contribution < -0.4 is 5.32 Å². The van der Waals surface area contributed by atoms with E-state index in [-0.39, 0.29) is 17.9 Å². The standard InChI is InChI=1S/C17H19N5O5S/c1-2-3-14(23)19-8-9-28-13-10-15(24)22(16(13)25)27-17(26)11-4-6-12(7-5-11)20-21-18/h4-7,13H,2-3,8-10H2,1H3,(H,19,23). The van der Waals surface area contributed by atoms with Gasteiger partial charge in [0.2, 0.25) is 5.91 Å². The molecule has 1 saturated heterocycles. The monoisotopic (exact) mass is 405 g/mol. The molecule has 1 atom stereocenters. The fraction of sp³-hybridized carbons (Fsp3) is 0.412. The molecule has 11 heteroatoms. The number of hydrogen-bond acceptors (Lipinski definition) is 7. The highest BCUT2D eigenvalue weighted by Gasteiger charge is 2.42. The molecule has 0 spiro atoms. The van der Waals surface area contributed by atoms with Gasteiger partial charge in [-0.05, 0) is 24.1 Å². The summed E-state index contributed by atoms with van der Waals surface area (Å²) in [5.74, 6) is -1.67. The first-order valence-electron chi connectivity index (χ1n) is 8.58. The van der Waals surface area contributed by atoms with Crippen LogP contribution in [0.2, 0.25) is 0 Å². The van der Waals surface area contributed by atoms with Gasteiger partial charge >= 0.3 is 5.97 Å². The van der Waals surface area contributed by atoms with Crippen molar-refractivity contribution in [1.82, 2.24) is 10.4 Å². The topological polar surface area (TPSA) is 142 Å². The zero-order valence-corrected chi connectivity index (χ0v) is 16.0. The molecule has 0 saturated carbocycles. The van der Waals surface area contributed by atoms with Crippen molar-refractivity contribution in [2.45, 2.75) is 31.4 Å². The van der Waals surface area contributed by atoms with Crippen LogP contribution in [0, 0.1) is 0 Å². The summed E-state index contributed by atoms with van der Waals surface area (Å²) in [5, 5.41) is 5.94. The average molecular weight is 405 g/mol. The smallest absolute Gasteiger partial charge is 0.355 e. The lowest BCUT2D eigenvalue weighted by molar-refractivity contribution is -0.172. The van der Waals surface area contributed by atoms with E-state index < -0.39 is 23.0 Å². The number of thioether (sulfide) groups is 1. The fourth-order valence-corrected chi connectivity index (χ4v) is 3.37. The van der Waals surface area contributed by atoms with Crippen molar-refractivity contribution in [2.75, 3.05) is 12.3 Å².